The Bertz CT molecular complexity index is 437. The molecule has 0 saturated carbocycles. The number of carbonyl (C=O) groups is 1. The van der Waals surface area contributed by atoms with Gasteiger partial charge in [0, 0.05) is 17.1 Å². The van der Waals surface area contributed by atoms with Crippen LogP contribution in [0.1, 0.15) is 33.6 Å². The van der Waals surface area contributed by atoms with Crippen molar-refractivity contribution in [3.8, 4) is 5.75 Å². The van der Waals surface area contributed by atoms with Crippen LogP contribution >= 0.6 is 23.2 Å². The number of hydrogen-bond donors (Lipinski definition) is 1. The van der Waals surface area contributed by atoms with Gasteiger partial charge in [-0.05, 0) is 32.4 Å². The van der Waals surface area contributed by atoms with Crippen molar-refractivity contribution in [3.63, 3.8) is 0 Å². The Labute approximate surface area is 124 Å². The van der Waals surface area contributed by atoms with Crippen LogP contribution in [0.2, 0.25) is 10.0 Å². The average molecular weight is 304 g/mol. The van der Waals surface area contributed by atoms with Crippen LogP contribution in [0.3, 0.4) is 0 Å². The van der Waals surface area contributed by atoms with Crippen molar-refractivity contribution in [1.29, 1.82) is 0 Å². The SMILES string of the molecule is CCC[C@H](C)NC(=O)[C@@H](C)Oc1cc(Cl)ccc1Cl. The van der Waals surface area contributed by atoms with Gasteiger partial charge in [0.25, 0.3) is 5.91 Å². The highest BCUT2D eigenvalue weighted by Gasteiger charge is 2.17. The van der Waals surface area contributed by atoms with Crippen molar-refractivity contribution >= 4 is 29.1 Å². The Morgan fingerprint density at radius 3 is 2.68 bits per heavy atom. The number of halogens is 2. The molecule has 0 aliphatic heterocycles. The van der Waals surface area contributed by atoms with Gasteiger partial charge in [-0.3, -0.25) is 4.79 Å². The van der Waals surface area contributed by atoms with E-state index in [9.17, 15) is 4.79 Å². The standard InChI is InChI=1S/C14H19Cl2NO2/c1-4-5-9(2)17-14(18)10(3)19-13-8-11(15)6-7-12(13)16/h6-10H,4-5H2,1-3H3,(H,17,18)/t9-,10+/m0/s1. The van der Waals surface area contributed by atoms with Crippen LogP contribution < -0.4 is 10.1 Å². The molecule has 0 unspecified atom stereocenters. The van der Waals surface area contributed by atoms with Gasteiger partial charge in [0.15, 0.2) is 6.10 Å². The summed E-state index contributed by atoms with van der Waals surface area (Å²) in [5.41, 5.74) is 0. The molecular weight excluding hydrogens is 285 g/mol. The Morgan fingerprint density at radius 2 is 2.05 bits per heavy atom. The summed E-state index contributed by atoms with van der Waals surface area (Å²) < 4.78 is 5.54. The molecule has 2 atom stereocenters. The first-order valence-electron chi connectivity index (χ1n) is 6.36. The minimum atomic E-state index is -0.615. The van der Waals surface area contributed by atoms with E-state index in [1.165, 1.54) is 0 Å². The average Bonchev–Trinajstić information content (AvgIpc) is 2.34. The number of rotatable bonds is 6. The molecular formula is C14H19Cl2NO2. The summed E-state index contributed by atoms with van der Waals surface area (Å²) in [6.45, 7) is 5.74. The smallest absolute Gasteiger partial charge is 0.260 e. The van der Waals surface area contributed by atoms with Crippen LogP contribution in [-0.4, -0.2) is 18.1 Å². The lowest BCUT2D eigenvalue weighted by Crippen LogP contribution is -2.41. The highest BCUT2D eigenvalue weighted by atomic mass is 35.5. The van der Waals surface area contributed by atoms with Gasteiger partial charge in [-0.2, -0.15) is 0 Å². The predicted molar refractivity (Wildman–Crippen MR) is 79.1 cm³/mol. The first-order valence-corrected chi connectivity index (χ1v) is 7.11. The van der Waals surface area contributed by atoms with E-state index in [0.29, 0.717) is 15.8 Å². The third kappa shape index (κ3) is 5.29. The summed E-state index contributed by atoms with van der Waals surface area (Å²) >= 11 is 11.9. The molecule has 1 N–H and O–H groups in total. The largest absolute Gasteiger partial charge is 0.479 e. The molecule has 0 radical (unpaired) electrons. The third-order valence-electron chi connectivity index (χ3n) is 2.68. The summed E-state index contributed by atoms with van der Waals surface area (Å²) in [6, 6.07) is 5.05. The third-order valence-corrected chi connectivity index (χ3v) is 3.22. The Hall–Kier alpha value is -0.930. The molecule has 0 aliphatic rings. The number of nitrogens with one attached hydrogen (secondary N) is 1. The van der Waals surface area contributed by atoms with Gasteiger partial charge in [0.05, 0.1) is 5.02 Å². The van der Waals surface area contributed by atoms with Crippen molar-refractivity contribution in [2.24, 2.45) is 0 Å². The second-order valence-electron chi connectivity index (χ2n) is 4.53. The number of amides is 1. The van der Waals surface area contributed by atoms with E-state index < -0.39 is 6.10 Å². The molecule has 1 rings (SSSR count). The van der Waals surface area contributed by atoms with E-state index >= 15 is 0 Å². The van der Waals surface area contributed by atoms with Crippen LogP contribution in [0.25, 0.3) is 0 Å². The van der Waals surface area contributed by atoms with Gasteiger partial charge in [-0.1, -0.05) is 36.5 Å². The fraction of sp³-hybridized carbons (Fsp3) is 0.500. The monoisotopic (exact) mass is 303 g/mol. The van der Waals surface area contributed by atoms with Crippen LogP contribution in [0.4, 0.5) is 0 Å². The highest BCUT2D eigenvalue weighted by molar-refractivity contribution is 6.34. The van der Waals surface area contributed by atoms with E-state index in [1.54, 1.807) is 25.1 Å². The van der Waals surface area contributed by atoms with Crippen molar-refractivity contribution in [1.82, 2.24) is 5.32 Å². The van der Waals surface area contributed by atoms with Gasteiger partial charge < -0.3 is 10.1 Å². The normalized spacial score (nSPS) is 13.7. The minimum Gasteiger partial charge on any atom is -0.479 e. The molecule has 1 aromatic rings. The first kappa shape index (κ1) is 16.1. The molecule has 0 aliphatic carbocycles. The van der Waals surface area contributed by atoms with E-state index in [4.69, 9.17) is 27.9 Å². The van der Waals surface area contributed by atoms with Gasteiger partial charge in [0.2, 0.25) is 0 Å². The maximum Gasteiger partial charge on any atom is 0.260 e. The fourth-order valence-corrected chi connectivity index (χ4v) is 2.00. The molecule has 0 bridgehead atoms. The molecule has 106 valence electrons. The van der Waals surface area contributed by atoms with E-state index in [-0.39, 0.29) is 11.9 Å². The van der Waals surface area contributed by atoms with Gasteiger partial charge in [-0.15, -0.1) is 0 Å². The fourth-order valence-electron chi connectivity index (χ4n) is 1.68. The van der Waals surface area contributed by atoms with Crippen molar-refractivity contribution in [3.05, 3.63) is 28.2 Å². The number of ether oxygens (including phenoxy) is 1. The molecule has 0 saturated heterocycles. The lowest BCUT2D eigenvalue weighted by Gasteiger charge is -2.19. The van der Waals surface area contributed by atoms with Crippen LogP contribution in [0, 0.1) is 0 Å². The van der Waals surface area contributed by atoms with E-state index in [1.807, 2.05) is 6.92 Å². The van der Waals surface area contributed by atoms with Crippen LogP contribution in [-0.2, 0) is 4.79 Å². The molecule has 1 aromatic carbocycles. The van der Waals surface area contributed by atoms with Crippen molar-refractivity contribution < 1.29 is 9.53 Å². The summed E-state index contributed by atoms with van der Waals surface area (Å²) in [6.07, 6.45) is 1.35. The zero-order chi connectivity index (χ0) is 14.4. The summed E-state index contributed by atoms with van der Waals surface area (Å²) in [5.74, 6) is 0.261. The van der Waals surface area contributed by atoms with Gasteiger partial charge in [0.1, 0.15) is 5.75 Å². The Morgan fingerprint density at radius 1 is 1.37 bits per heavy atom. The second-order valence-corrected chi connectivity index (χ2v) is 5.38. The molecule has 0 aromatic heterocycles. The van der Waals surface area contributed by atoms with Gasteiger partial charge in [-0.25, -0.2) is 0 Å². The lowest BCUT2D eigenvalue weighted by molar-refractivity contribution is -0.127. The lowest BCUT2D eigenvalue weighted by atomic mass is 10.2. The van der Waals surface area contributed by atoms with Crippen molar-refractivity contribution in [2.45, 2.75) is 45.8 Å². The number of carbonyl (C=O) groups excluding carboxylic acids is 1. The molecule has 0 spiro atoms. The van der Waals surface area contributed by atoms with E-state index in [2.05, 4.69) is 12.2 Å². The van der Waals surface area contributed by atoms with E-state index in [0.717, 1.165) is 12.8 Å². The van der Waals surface area contributed by atoms with Gasteiger partial charge >= 0.3 is 0 Å². The topological polar surface area (TPSA) is 38.3 Å². The molecule has 19 heavy (non-hydrogen) atoms. The van der Waals surface area contributed by atoms with Crippen molar-refractivity contribution in [2.75, 3.05) is 0 Å². The molecule has 0 heterocycles. The molecule has 0 fully saturated rings. The molecule has 5 heteroatoms. The predicted octanol–water partition coefficient (Wildman–Crippen LogP) is 4.07. The highest BCUT2D eigenvalue weighted by Crippen LogP contribution is 2.28. The Kier molecular flexibility index (Phi) is 6.46. The molecule has 3 nitrogen and oxygen atoms in total. The quantitative estimate of drug-likeness (QED) is 0.860. The maximum absolute atomic E-state index is 11.9. The zero-order valence-electron chi connectivity index (χ0n) is 11.4. The Balaban J connectivity index is 2.61. The summed E-state index contributed by atoms with van der Waals surface area (Å²) in [5, 5.41) is 3.85. The first-order chi connectivity index (χ1) is 8.93. The molecule has 1 amide bonds. The minimum absolute atomic E-state index is 0.137. The number of benzene rings is 1. The summed E-state index contributed by atoms with van der Waals surface area (Å²) in [4.78, 5) is 11.9. The van der Waals surface area contributed by atoms with Crippen LogP contribution in [0.15, 0.2) is 18.2 Å². The zero-order valence-corrected chi connectivity index (χ0v) is 12.9. The number of hydrogen-bond acceptors (Lipinski definition) is 2. The summed E-state index contributed by atoms with van der Waals surface area (Å²) in [7, 11) is 0. The second kappa shape index (κ2) is 7.61. The van der Waals surface area contributed by atoms with Crippen LogP contribution in [0.5, 0.6) is 5.75 Å². The maximum atomic E-state index is 11.9.